The number of amidine groups is 1. The van der Waals surface area contributed by atoms with E-state index in [9.17, 15) is 4.79 Å². The summed E-state index contributed by atoms with van der Waals surface area (Å²) >= 11 is 0. The molecule has 1 aromatic rings. The summed E-state index contributed by atoms with van der Waals surface area (Å²) in [5.41, 5.74) is 7.11. The molecule has 0 radical (unpaired) electrons. The first kappa shape index (κ1) is 7.03. The molecule has 1 aliphatic heterocycles. The molecule has 1 aromatic carbocycles. The van der Waals surface area contributed by atoms with E-state index in [1.54, 1.807) is 6.07 Å². The topological polar surface area (TPSA) is 55.4 Å². The van der Waals surface area contributed by atoms with Gasteiger partial charge in [-0.2, -0.15) is 4.99 Å². The van der Waals surface area contributed by atoms with Gasteiger partial charge in [-0.25, -0.2) is 0 Å². The average molecular weight is 160 g/mol. The van der Waals surface area contributed by atoms with Crippen LogP contribution in [0.1, 0.15) is 15.9 Å². The Morgan fingerprint density at radius 2 is 2.08 bits per heavy atom. The van der Waals surface area contributed by atoms with Crippen LogP contribution in [-0.2, 0) is 6.42 Å². The third-order valence-electron chi connectivity index (χ3n) is 1.86. The number of carbonyl (C=O) groups is 1. The number of carbonyl (C=O) groups excluding carboxylic acids is 1. The Balaban J connectivity index is 2.56. The zero-order chi connectivity index (χ0) is 8.55. The number of nitrogens with two attached hydrogens (primary N) is 1. The van der Waals surface area contributed by atoms with Crippen LogP contribution in [-0.4, -0.2) is 11.7 Å². The average Bonchev–Trinajstić information content (AvgIpc) is 2.04. The summed E-state index contributed by atoms with van der Waals surface area (Å²) in [6.45, 7) is 0. The second-order valence-electron chi connectivity index (χ2n) is 2.74. The van der Waals surface area contributed by atoms with E-state index >= 15 is 0 Å². The van der Waals surface area contributed by atoms with Crippen molar-refractivity contribution in [2.24, 2.45) is 10.7 Å². The van der Waals surface area contributed by atoms with Crippen LogP contribution in [0.5, 0.6) is 0 Å². The fourth-order valence-corrected chi connectivity index (χ4v) is 1.31. The summed E-state index contributed by atoms with van der Waals surface area (Å²) < 4.78 is 0. The van der Waals surface area contributed by atoms with Crippen molar-refractivity contribution in [3.8, 4) is 0 Å². The highest BCUT2D eigenvalue weighted by atomic mass is 16.1. The number of hydrogen-bond donors (Lipinski definition) is 1. The van der Waals surface area contributed by atoms with Crippen molar-refractivity contribution < 1.29 is 4.79 Å². The summed E-state index contributed by atoms with van der Waals surface area (Å²) in [6, 6.07) is 7.39. The molecule has 0 unspecified atom stereocenters. The first-order chi connectivity index (χ1) is 5.77. The first-order valence-corrected chi connectivity index (χ1v) is 3.72. The molecule has 60 valence electrons. The van der Waals surface area contributed by atoms with Crippen molar-refractivity contribution in [1.82, 2.24) is 0 Å². The van der Waals surface area contributed by atoms with Gasteiger partial charge in [-0.3, -0.25) is 4.79 Å². The Labute approximate surface area is 69.9 Å². The zero-order valence-electron chi connectivity index (χ0n) is 6.45. The highest BCUT2D eigenvalue weighted by molar-refractivity contribution is 6.07. The number of aliphatic imine (C=N–C) groups is 1. The highest BCUT2D eigenvalue weighted by Crippen LogP contribution is 2.14. The maximum absolute atomic E-state index is 11.2. The first-order valence-electron chi connectivity index (χ1n) is 3.72. The molecule has 1 amide bonds. The third kappa shape index (κ3) is 0.993. The molecular formula is C9H8N2O. The van der Waals surface area contributed by atoms with Crippen molar-refractivity contribution in [3.05, 3.63) is 35.4 Å². The van der Waals surface area contributed by atoms with Crippen LogP contribution in [0, 0.1) is 0 Å². The molecule has 2 N–H and O–H groups in total. The highest BCUT2D eigenvalue weighted by Gasteiger charge is 2.15. The summed E-state index contributed by atoms with van der Waals surface area (Å²) in [6.07, 6.45) is 0.585. The molecule has 1 heterocycles. The maximum atomic E-state index is 11.2. The van der Waals surface area contributed by atoms with Crippen molar-refractivity contribution in [1.29, 1.82) is 0 Å². The maximum Gasteiger partial charge on any atom is 0.278 e. The van der Waals surface area contributed by atoms with Crippen LogP contribution in [0.4, 0.5) is 0 Å². The quantitative estimate of drug-likeness (QED) is 0.608. The van der Waals surface area contributed by atoms with Crippen molar-refractivity contribution in [2.45, 2.75) is 6.42 Å². The molecule has 0 saturated carbocycles. The lowest BCUT2D eigenvalue weighted by Crippen LogP contribution is -2.23. The van der Waals surface area contributed by atoms with Crippen LogP contribution in [0.2, 0.25) is 0 Å². The van der Waals surface area contributed by atoms with E-state index in [4.69, 9.17) is 5.73 Å². The molecule has 1 aliphatic rings. The summed E-state index contributed by atoms with van der Waals surface area (Å²) in [5.74, 6) is 0.174. The molecule has 3 heteroatoms. The minimum atomic E-state index is -0.227. The molecule has 0 bridgehead atoms. The van der Waals surface area contributed by atoms with E-state index in [0.717, 1.165) is 5.56 Å². The normalized spacial score (nSPS) is 15.3. The van der Waals surface area contributed by atoms with Gasteiger partial charge >= 0.3 is 0 Å². The monoisotopic (exact) mass is 160 g/mol. The zero-order valence-corrected chi connectivity index (χ0v) is 6.45. The van der Waals surface area contributed by atoms with Gasteiger partial charge in [0.05, 0.1) is 0 Å². The molecule has 12 heavy (non-hydrogen) atoms. The SMILES string of the molecule is NC1=NC(=O)c2ccccc2C1. The second kappa shape index (κ2) is 2.44. The Bertz CT molecular complexity index is 369. The van der Waals surface area contributed by atoms with Crippen LogP contribution in [0.25, 0.3) is 0 Å². The number of amides is 1. The van der Waals surface area contributed by atoms with E-state index in [1.807, 2.05) is 18.2 Å². The number of benzene rings is 1. The van der Waals surface area contributed by atoms with Crippen LogP contribution in [0.15, 0.2) is 29.3 Å². The van der Waals surface area contributed by atoms with Gasteiger partial charge in [0.25, 0.3) is 5.91 Å². The van der Waals surface area contributed by atoms with Gasteiger partial charge in [-0.1, -0.05) is 18.2 Å². The van der Waals surface area contributed by atoms with Crippen LogP contribution in [0.3, 0.4) is 0 Å². The van der Waals surface area contributed by atoms with Gasteiger partial charge in [0.15, 0.2) is 0 Å². The molecule has 0 saturated heterocycles. The predicted molar refractivity (Wildman–Crippen MR) is 46.1 cm³/mol. The molecule has 0 spiro atoms. The smallest absolute Gasteiger partial charge is 0.278 e. The summed E-state index contributed by atoms with van der Waals surface area (Å²) in [7, 11) is 0. The Hall–Kier alpha value is -1.64. The number of hydrogen-bond acceptors (Lipinski definition) is 2. The number of fused-ring (bicyclic) bond motifs is 1. The van der Waals surface area contributed by atoms with Crippen molar-refractivity contribution in [3.63, 3.8) is 0 Å². The minimum Gasteiger partial charge on any atom is -0.387 e. The summed E-state index contributed by atoms with van der Waals surface area (Å²) in [4.78, 5) is 14.9. The van der Waals surface area contributed by atoms with Crippen molar-refractivity contribution in [2.75, 3.05) is 0 Å². The standard InChI is InChI=1S/C9H8N2O/c10-8-5-6-3-1-2-4-7(6)9(12)11-8/h1-4H,5H2,(H2,10,11,12). The Kier molecular flexibility index (Phi) is 1.43. The van der Waals surface area contributed by atoms with Gasteiger partial charge in [0.1, 0.15) is 5.84 Å². The van der Waals surface area contributed by atoms with E-state index < -0.39 is 0 Å². The van der Waals surface area contributed by atoms with E-state index in [2.05, 4.69) is 4.99 Å². The van der Waals surface area contributed by atoms with E-state index in [-0.39, 0.29) is 5.91 Å². The van der Waals surface area contributed by atoms with E-state index in [1.165, 1.54) is 0 Å². The number of nitrogens with zero attached hydrogens (tertiary/aromatic N) is 1. The van der Waals surface area contributed by atoms with Gasteiger partial charge < -0.3 is 5.73 Å². The third-order valence-corrected chi connectivity index (χ3v) is 1.86. The lowest BCUT2D eigenvalue weighted by Gasteiger charge is -2.10. The Morgan fingerprint density at radius 3 is 2.92 bits per heavy atom. The van der Waals surface area contributed by atoms with Gasteiger partial charge in [0, 0.05) is 12.0 Å². The fourth-order valence-electron chi connectivity index (χ4n) is 1.31. The lowest BCUT2D eigenvalue weighted by atomic mass is 10.0. The van der Waals surface area contributed by atoms with Crippen molar-refractivity contribution >= 4 is 11.7 Å². The van der Waals surface area contributed by atoms with Gasteiger partial charge in [-0.05, 0) is 11.6 Å². The molecule has 3 nitrogen and oxygen atoms in total. The van der Waals surface area contributed by atoms with Gasteiger partial charge in [-0.15, -0.1) is 0 Å². The Morgan fingerprint density at radius 1 is 1.33 bits per heavy atom. The summed E-state index contributed by atoms with van der Waals surface area (Å²) in [5, 5.41) is 0. The lowest BCUT2D eigenvalue weighted by molar-refractivity contribution is 0.1000. The molecule has 2 rings (SSSR count). The second-order valence-corrected chi connectivity index (χ2v) is 2.74. The minimum absolute atomic E-state index is 0.227. The molecule has 0 aliphatic carbocycles. The van der Waals surface area contributed by atoms with Gasteiger partial charge in [0.2, 0.25) is 0 Å². The molecule has 0 aromatic heterocycles. The molecular weight excluding hydrogens is 152 g/mol. The molecule has 0 fully saturated rings. The van der Waals surface area contributed by atoms with E-state index in [0.29, 0.717) is 17.8 Å². The molecule has 0 atom stereocenters. The fraction of sp³-hybridized carbons (Fsp3) is 0.111. The van der Waals surface area contributed by atoms with Crippen LogP contribution < -0.4 is 5.73 Å². The number of rotatable bonds is 0. The predicted octanol–water partition coefficient (Wildman–Crippen LogP) is 0.740. The van der Waals surface area contributed by atoms with Crippen LogP contribution >= 0.6 is 0 Å². The largest absolute Gasteiger partial charge is 0.387 e.